The van der Waals surface area contributed by atoms with Gasteiger partial charge in [-0.1, -0.05) is 6.07 Å². The third kappa shape index (κ3) is 2.62. The Kier molecular flexibility index (Phi) is 4.10. The van der Waals surface area contributed by atoms with Crippen molar-refractivity contribution in [1.82, 2.24) is 4.98 Å². The molecule has 106 valence electrons. The molecule has 1 atom stereocenters. The van der Waals surface area contributed by atoms with E-state index in [1.54, 1.807) is 18.4 Å². The maximum atomic E-state index is 6.38. The Bertz CT molecular complexity index is 603. The molecule has 1 aromatic carbocycles. The van der Waals surface area contributed by atoms with Crippen LogP contribution in [-0.2, 0) is 12.8 Å². The lowest BCUT2D eigenvalue weighted by Crippen LogP contribution is -2.11. The van der Waals surface area contributed by atoms with Gasteiger partial charge in [0, 0.05) is 4.88 Å². The SMILES string of the molecule is COc1ccc(C(N)c2nc3c(s2)CCCC3)cc1Br. The second-order valence-corrected chi connectivity index (χ2v) is 6.97. The summed E-state index contributed by atoms with van der Waals surface area (Å²) in [6.45, 7) is 0. The summed E-state index contributed by atoms with van der Waals surface area (Å²) < 4.78 is 6.18. The zero-order valence-corrected chi connectivity index (χ0v) is 13.8. The van der Waals surface area contributed by atoms with Crippen molar-refractivity contribution in [3.8, 4) is 5.75 Å². The lowest BCUT2D eigenvalue weighted by atomic mass is 10.0. The molecule has 1 aromatic heterocycles. The van der Waals surface area contributed by atoms with E-state index in [1.807, 2.05) is 18.2 Å². The highest BCUT2D eigenvalue weighted by molar-refractivity contribution is 9.10. The van der Waals surface area contributed by atoms with Crippen LogP contribution in [0, 0.1) is 0 Å². The minimum Gasteiger partial charge on any atom is -0.496 e. The zero-order chi connectivity index (χ0) is 14.1. The van der Waals surface area contributed by atoms with Gasteiger partial charge < -0.3 is 10.5 Å². The van der Waals surface area contributed by atoms with E-state index in [4.69, 9.17) is 15.5 Å². The van der Waals surface area contributed by atoms with Crippen molar-refractivity contribution in [2.75, 3.05) is 7.11 Å². The average Bonchev–Trinajstić information content (AvgIpc) is 2.90. The number of thiazole rings is 1. The third-order valence-electron chi connectivity index (χ3n) is 3.66. The van der Waals surface area contributed by atoms with Crippen molar-refractivity contribution >= 4 is 27.3 Å². The van der Waals surface area contributed by atoms with E-state index >= 15 is 0 Å². The molecule has 3 rings (SSSR count). The zero-order valence-electron chi connectivity index (χ0n) is 11.4. The molecule has 1 unspecified atom stereocenters. The molecule has 0 saturated carbocycles. The Morgan fingerprint density at radius 2 is 2.15 bits per heavy atom. The van der Waals surface area contributed by atoms with Crippen molar-refractivity contribution in [2.45, 2.75) is 31.7 Å². The summed E-state index contributed by atoms with van der Waals surface area (Å²) >= 11 is 5.28. The van der Waals surface area contributed by atoms with Crippen LogP contribution >= 0.6 is 27.3 Å². The summed E-state index contributed by atoms with van der Waals surface area (Å²) in [5.74, 6) is 0.819. The van der Waals surface area contributed by atoms with Crippen molar-refractivity contribution in [1.29, 1.82) is 0 Å². The smallest absolute Gasteiger partial charge is 0.133 e. The standard InChI is InChI=1S/C15H17BrN2OS/c1-19-12-7-6-9(8-10(12)16)14(17)15-18-11-4-2-3-5-13(11)20-15/h6-8,14H,2-5,17H2,1H3. The summed E-state index contributed by atoms with van der Waals surface area (Å²) in [4.78, 5) is 6.17. The first-order valence-corrected chi connectivity index (χ1v) is 8.37. The molecule has 2 N–H and O–H groups in total. The highest BCUT2D eigenvalue weighted by Gasteiger charge is 2.20. The predicted octanol–water partition coefficient (Wildman–Crippen LogP) is 3.84. The molecule has 2 aromatic rings. The maximum Gasteiger partial charge on any atom is 0.133 e. The number of aryl methyl sites for hydroxylation is 2. The van der Waals surface area contributed by atoms with Gasteiger partial charge in [-0.15, -0.1) is 11.3 Å². The highest BCUT2D eigenvalue weighted by Crippen LogP contribution is 2.34. The lowest BCUT2D eigenvalue weighted by molar-refractivity contribution is 0.412. The van der Waals surface area contributed by atoms with Crippen LogP contribution in [0.1, 0.15) is 40.0 Å². The molecular formula is C15H17BrN2OS. The first-order valence-electron chi connectivity index (χ1n) is 6.76. The molecule has 0 aliphatic heterocycles. The third-order valence-corrected chi connectivity index (χ3v) is 5.52. The number of hydrogen-bond acceptors (Lipinski definition) is 4. The predicted molar refractivity (Wildman–Crippen MR) is 85.5 cm³/mol. The number of halogens is 1. The fourth-order valence-corrected chi connectivity index (χ4v) is 4.27. The topological polar surface area (TPSA) is 48.1 Å². The van der Waals surface area contributed by atoms with Gasteiger partial charge in [0.15, 0.2) is 0 Å². The lowest BCUT2D eigenvalue weighted by Gasteiger charge is -2.11. The molecule has 0 spiro atoms. The second kappa shape index (κ2) is 5.84. The molecular weight excluding hydrogens is 336 g/mol. The van der Waals surface area contributed by atoms with Crippen molar-refractivity contribution in [3.05, 3.63) is 43.8 Å². The highest BCUT2D eigenvalue weighted by atomic mass is 79.9. The molecule has 0 saturated heterocycles. The molecule has 0 fully saturated rings. The first kappa shape index (κ1) is 14.0. The monoisotopic (exact) mass is 352 g/mol. The Morgan fingerprint density at radius 1 is 1.35 bits per heavy atom. The number of fused-ring (bicyclic) bond motifs is 1. The van der Waals surface area contributed by atoms with Crippen LogP contribution in [0.15, 0.2) is 22.7 Å². The van der Waals surface area contributed by atoms with Crippen LogP contribution in [0.5, 0.6) is 5.75 Å². The number of hydrogen-bond donors (Lipinski definition) is 1. The minimum atomic E-state index is -0.159. The summed E-state index contributed by atoms with van der Waals surface area (Å²) in [5, 5.41) is 1.02. The van der Waals surface area contributed by atoms with Crippen molar-refractivity contribution in [3.63, 3.8) is 0 Å². The second-order valence-electron chi connectivity index (χ2n) is 5.00. The molecule has 20 heavy (non-hydrogen) atoms. The summed E-state index contributed by atoms with van der Waals surface area (Å²) in [7, 11) is 1.66. The fourth-order valence-electron chi connectivity index (χ4n) is 2.52. The number of aromatic nitrogens is 1. The molecule has 0 amide bonds. The largest absolute Gasteiger partial charge is 0.496 e. The van der Waals surface area contributed by atoms with Gasteiger partial charge in [0.05, 0.1) is 23.3 Å². The molecule has 3 nitrogen and oxygen atoms in total. The van der Waals surface area contributed by atoms with Crippen LogP contribution in [0.3, 0.4) is 0 Å². The van der Waals surface area contributed by atoms with E-state index in [0.717, 1.165) is 33.6 Å². The maximum absolute atomic E-state index is 6.38. The van der Waals surface area contributed by atoms with Crippen molar-refractivity contribution in [2.24, 2.45) is 5.73 Å². The fraction of sp³-hybridized carbons (Fsp3) is 0.400. The van der Waals surface area contributed by atoms with Gasteiger partial charge in [0.1, 0.15) is 10.8 Å². The molecule has 0 radical (unpaired) electrons. The van der Waals surface area contributed by atoms with Gasteiger partial charge in [-0.25, -0.2) is 4.98 Å². The molecule has 1 heterocycles. The van der Waals surface area contributed by atoms with Gasteiger partial charge in [0.2, 0.25) is 0 Å². The first-order chi connectivity index (χ1) is 9.69. The number of methoxy groups -OCH3 is 1. The number of nitrogens with two attached hydrogens (primary N) is 1. The van der Waals surface area contributed by atoms with Crippen LogP contribution < -0.4 is 10.5 Å². The van der Waals surface area contributed by atoms with Crippen LogP contribution in [-0.4, -0.2) is 12.1 Å². The molecule has 5 heteroatoms. The summed E-state index contributed by atoms with van der Waals surface area (Å²) in [5.41, 5.74) is 8.70. The molecule has 0 bridgehead atoms. The summed E-state index contributed by atoms with van der Waals surface area (Å²) in [6, 6.07) is 5.80. The number of benzene rings is 1. The number of rotatable bonds is 3. The summed E-state index contributed by atoms with van der Waals surface area (Å²) in [6.07, 6.45) is 4.79. The Morgan fingerprint density at radius 3 is 2.85 bits per heavy atom. The van der Waals surface area contributed by atoms with E-state index in [1.165, 1.54) is 23.4 Å². The van der Waals surface area contributed by atoms with Crippen LogP contribution in [0.25, 0.3) is 0 Å². The van der Waals surface area contributed by atoms with Gasteiger partial charge in [-0.3, -0.25) is 0 Å². The minimum absolute atomic E-state index is 0.159. The van der Waals surface area contributed by atoms with E-state index < -0.39 is 0 Å². The van der Waals surface area contributed by atoms with Crippen LogP contribution in [0.2, 0.25) is 0 Å². The number of nitrogens with zero attached hydrogens (tertiary/aromatic N) is 1. The van der Waals surface area contributed by atoms with Crippen LogP contribution in [0.4, 0.5) is 0 Å². The average molecular weight is 353 g/mol. The number of ether oxygens (including phenoxy) is 1. The van der Waals surface area contributed by atoms with E-state index in [9.17, 15) is 0 Å². The molecule has 1 aliphatic rings. The van der Waals surface area contributed by atoms with E-state index in [2.05, 4.69) is 15.9 Å². The Hall–Kier alpha value is -0.910. The normalized spacial score (nSPS) is 15.8. The van der Waals surface area contributed by atoms with Gasteiger partial charge in [-0.2, -0.15) is 0 Å². The van der Waals surface area contributed by atoms with E-state index in [-0.39, 0.29) is 6.04 Å². The van der Waals surface area contributed by atoms with E-state index in [0.29, 0.717) is 0 Å². The molecule has 1 aliphatic carbocycles. The Balaban J connectivity index is 1.90. The van der Waals surface area contributed by atoms with Gasteiger partial charge >= 0.3 is 0 Å². The van der Waals surface area contributed by atoms with Gasteiger partial charge in [-0.05, 0) is 59.3 Å². The Labute approximate surface area is 131 Å². The van der Waals surface area contributed by atoms with Gasteiger partial charge in [0.25, 0.3) is 0 Å². The van der Waals surface area contributed by atoms with Crippen molar-refractivity contribution < 1.29 is 4.74 Å². The quantitative estimate of drug-likeness (QED) is 0.912.